The molecule has 0 bridgehead atoms. The fraction of sp³-hybridized carbons (Fsp3) is 0.111. The summed E-state index contributed by atoms with van der Waals surface area (Å²) in [7, 11) is 0. The van der Waals surface area contributed by atoms with Gasteiger partial charge in [0, 0.05) is 16.7 Å². The summed E-state index contributed by atoms with van der Waals surface area (Å²) in [4.78, 5) is 0. The number of halogens is 3. The minimum atomic E-state index is -0.261. The quantitative estimate of drug-likeness (QED) is 0.893. The van der Waals surface area contributed by atoms with Crippen LogP contribution in [-0.2, 0) is 0 Å². The molecule has 1 aromatic carbocycles. The normalized spacial score (nSPS) is 9.77. The van der Waals surface area contributed by atoms with Crippen molar-refractivity contribution in [1.29, 1.82) is 0 Å². The second-order valence-electron chi connectivity index (χ2n) is 2.50. The average Bonchev–Trinajstić information content (AvgIpc) is 2.07. The van der Waals surface area contributed by atoms with E-state index in [0.717, 1.165) is 10.2 Å². The zero-order valence-corrected chi connectivity index (χ0v) is 9.95. The molecule has 0 radical (unpaired) electrons. The summed E-state index contributed by atoms with van der Waals surface area (Å²) in [5.41, 5.74) is 0.855. The van der Waals surface area contributed by atoms with Gasteiger partial charge in [0.1, 0.15) is 5.82 Å². The first kappa shape index (κ1) is 10.7. The molecule has 0 aliphatic rings. The number of rotatable bonds is 3. The highest BCUT2D eigenvalue weighted by Gasteiger charge is 1.99. The lowest BCUT2D eigenvalue weighted by atomic mass is 10.3. The van der Waals surface area contributed by atoms with E-state index in [2.05, 4.69) is 43.8 Å². The maximum Gasteiger partial charge on any atom is 0.137 e. The molecule has 0 aliphatic carbocycles. The van der Waals surface area contributed by atoms with E-state index in [9.17, 15) is 4.39 Å². The van der Waals surface area contributed by atoms with E-state index in [0.29, 0.717) is 11.0 Å². The van der Waals surface area contributed by atoms with Gasteiger partial charge in [-0.05, 0) is 34.1 Å². The first-order valence-corrected chi connectivity index (χ1v) is 5.20. The Morgan fingerprint density at radius 1 is 1.54 bits per heavy atom. The predicted molar refractivity (Wildman–Crippen MR) is 60.7 cm³/mol. The summed E-state index contributed by atoms with van der Waals surface area (Å²) < 4.78 is 14.1. The van der Waals surface area contributed by atoms with Gasteiger partial charge in [-0.15, -0.1) is 0 Å². The summed E-state index contributed by atoms with van der Waals surface area (Å²) >= 11 is 6.33. The fourth-order valence-electron chi connectivity index (χ4n) is 0.804. The average molecular weight is 309 g/mol. The molecule has 4 heteroatoms. The van der Waals surface area contributed by atoms with Gasteiger partial charge < -0.3 is 5.32 Å². The van der Waals surface area contributed by atoms with E-state index in [1.807, 2.05) is 0 Å². The Labute approximate surface area is 93.3 Å². The minimum Gasteiger partial charge on any atom is -0.380 e. The van der Waals surface area contributed by atoms with Crippen molar-refractivity contribution >= 4 is 37.5 Å². The summed E-state index contributed by atoms with van der Waals surface area (Å²) in [6, 6.07) is 4.77. The van der Waals surface area contributed by atoms with Crippen LogP contribution in [0.4, 0.5) is 10.1 Å². The van der Waals surface area contributed by atoms with Crippen LogP contribution in [0, 0.1) is 5.82 Å². The zero-order valence-electron chi connectivity index (χ0n) is 6.78. The molecule has 70 valence electrons. The van der Waals surface area contributed by atoms with E-state index in [4.69, 9.17) is 0 Å². The third-order valence-corrected chi connectivity index (χ3v) is 2.29. The van der Waals surface area contributed by atoms with Crippen molar-refractivity contribution in [2.75, 3.05) is 11.9 Å². The summed E-state index contributed by atoms with van der Waals surface area (Å²) in [6.07, 6.45) is 0. The van der Waals surface area contributed by atoms with E-state index in [-0.39, 0.29) is 5.82 Å². The number of benzene rings is 1. The molecular weight excluding hydrogens is 301 g/mol. The Balaban J connectivity index is 2.68. The van der Waals surface area contributed by atoms with Crippen LogP contribution >= 0.6 is 31.9 Å². The lowest BCUT2D eigenvalue weighted by molar-refractivity contribution is 0.621. The highest BCUT2D eigenvalue weighted by atomic mass is 79.9. The van der Waals surface area contributed by atoms with E-state index in [1.54, 1.807) is 12.1 Å². The van der Waals surface area contributed by atoms with Crippen LogP contribution in [0.5, 0.6) is 0 Å². The summed E-state index contributed by atoms with van der Waals surface area (Å²) in [5, 5.41) is 3.07. The third kappa shape index (κ3) is 3.48. The van der Waals surface area contributed by atoms with Crippen LogP contribution < -0.4 is 5.32 Å². The maximum atomic E-state index is 12.8. The Kier molecular flexibility index (Phi) is 3.93. The highest BCUT2D eigenvalue weighted by Crippen LogP contribution is 2.20. The van der Waals surface area contributed by atoms with Crippen LogP contribution in [0.15, 0.2) is 33.7 Å². The molecule has 13 heavy (non-hydrogen) atoms. The van der Waals surface area contributed by atoms with Crippen LogP contribution in [0.3, 0.4) is 0 Å². The van der Waals surface area contributed by atoms with Gasteiger partial charge in [0.15, 0.2) is 0 Å². The second kappa shape index (κ2) is 4.77. The van der Waals surface area contributed by atoms with Gasteiger partial charge in [-0.2, -0.15) is 0 Å². The number of anilines is 1. The number of hydrogen-bond acceptors (Lipinski definition) is 1. The van der Waals surface area contributed by atoms with Crippen molar-refractivity contribution < 1.29 is 4.39 Å². The second-order valence-corrected chi connectivity index (χ2v) is 4.48. The van der Waals surface area contributed by atoms with Crippen molar-refractivity contribution in [3.8, 4) is 0 Å². The van der Waals surface area contributed by atoms with E-state index in [1.165, 1.54) is 6.07 Å². The van der Waals surface area contributed by atoms with Crippen molar-refractivity contribution in [2.45, 2.75) is 0 Å². The van der Waals surface area contributed by atoms with Gasteiger partial charge in [-0.1, -0.05) is 22.5 Å². The van der Waals surface area contributed by atoms with Gasteiger partial charge in [0.2, 0.25) is 0 Å². The van der Waals surface area contributed by atoms with Crippen molar-refractivity contribution in [1.82, 2.24) is 0 Å². The van der Waals surface area contributed by atoms with Crippen LogP contribution in [0.1, 0.15) is 0 Å². The standard InChI is InChI=1S/C9H8Br2FN/c1-6(10)5-13-7-2-3-9(12)8(11)4-7/h2-4,13H,1,5H2. The molecule has 0 aliphatic heterocycles. The van der Waals surface area contributed by atoms with Crippen LogP contribution in [-0.4, -0.2) is 6.54 Å². The van der Waals surface area contributed by atoms with Crippen LogP contribution in [0.2, 0.25) is 0 Å². The Morgan fingerprint density at radius 2 is 2.23 bits per heavy atom. The molecule has 0 aromatic heterocycles. The van der Waals surface area contributed by atoms with E-state index < -0.39 is 0 Å². The summed E-state index contributed by atoms with van der Waals surface area (Å²) in [5.74, 6) is -0.261. The molecule has 0 fully saturated rings. The molecule has 1 N–H and O–H groups in total. The molecule has 0 unspecified atom stereocenters. The monoisotopic (exact) mass is 307 g/mol. The van der Waals surface area contributed by atoms with Gasteiger partial charge in [-0.25, -0.2) is 4.39 Å². The Morgan fingerprint density at radius 3 is 2.77 bits per heavy atom. The lowest BCUT2D eigenvalue weighted by Crippen LogP contribution is -2.00. The lowest BCUT2D eigenvalue weighted by Gasteiger charge is -2.05. The molecule has 0 heterocycles. The molecule has 1 nitrogen and oxygen atoms in total. The SMILES string of the molecule is C=C(Br)CNc1ccc(F)c(Br)c1. The molecule has 0 saturated carbocycles. The molecule has 1 aromatic rings. The summed E-state index contributed by atoms with van der Waals surface area (Å²) in [6.45, 7) is 4.30. The first-order valence-electron chi connectivity index (χ1n) is 3.62. The first-order chi connectivity index (χ1) is 6.09. The van der Waals surface area contributed by atoms with Gasteiger partial charge >= 0.3 is 0 Å². The fourth-order valence-corrected chi connectivity index (χ4v) is 1.32. The molecule has 1 rings (SSSR count). The Bertz CT molecular complexity index is 325. The molecular formula is C9H8Br2FN. The van der Waals surface area contributed by atoms with Crippen molar-refractivity contribution in [3.05, 3.63) is 39.6 Å². The molecule has 0 atom stereocenters. The van der Waals surface area contributed by atoms with Crippen molar-refractivity contribution in [3.63, 3.8) is 0 Å². The molecule has 0 saturated heterocycles. The third-order valence-electron chi connectivity index (χ3n) is 1.40. The topological polar surface area (TPSA) is 12.0 Å². The smallest absolute Gasteiger partial charge is 0.137 e. The van der Waals surface area contributed by atoms with E-state index >= 15 is 0 Å². The maximum absolute atomic E-state index is 12.8. The largest absolute Gasteiger partial charge is 0.380 e. The molecule has 0 amide bonds. The van der Waals surface area contributed by atoms with Crippen molar-refractivity contribution in [2.24, 2.45) is 0 Å². The van der Waals surface area contributed by atoms with Crippen LogP contribution in [0.25, 0.3) is 0 Å². The Hall–Kier alpha value is -0.350. The molecule has 0 spiro atoms. The predicted octanol–water partition coefficient (Wildman–Crippen LogP) is 3.91. The highest BCUT2D eigenvalue weighted by molar-refractivity contribution is 9.11. The number of nitrogens with one attached hydrogen (secondary N) is 1. The van der Waals surface area contributed by atoms with Gasteiger partial charge in [0.05, 0.1) is 4.47 Å². The van der Waals surface area contributed by atoms with Gasteiger partial charge in [-0.3, -0.25) is 0 Å². The zero-order chi connectivity index (χ0) is 9.84. The minimum absolute atomic E-state index is 0.261. The van der Waals surface area contributed by atoms with Gasteiger partial charge in [0.25, 0.3) is 0 Å². The number of hydrogen-bond donors (Lipinski definition) is 1.